The second-order valence-electron chi connectivity index (χ2n) is 5.82. The molecular formula is C16H13N5OS3. The van der Waals surface area contributed by atoms with Gasteiger partial charge in [0.05, 0.1) is 16.1 Å². The van der Waals surface area contributed by atoms with Crippen molar-refractivity contribution >= 4 is 44.7 Å². The van der Waals surface area contributed by atoms with Crippen molar-refractivity contribution in [1.82, 2.24) is 24.7 Å². The molecule has 4 heterocycles. The van der Waals surface area contributed by atoms with Crippen molar-refractivity contribution in [2.24, 2.45) is 0 Å². The van der Waals surface area contributed by atoms with E-state index in [1.54, 1.807) is 23.1 Å². The number of nitrogens with one attached hydrogen (secondary N) is 1. The molecule has 1 saturated carbocycles. The Kier molecular flexibility index (Phi) is 3.72. The molecule has 1 aliphatic rings. The van der Waals surface area contributed by atoms with Crippen LogP contribution in [-0.4, -0.2) is 24.7 Å². The van der Waals surface area contributed by atoms with Crippen LogP contribution in [0.5, 0.6) is 0 Å². The smallest absolute Gasteiger partial charge is 0.268 e. The zero-order chi connectivity index (χ0) is 16.8. The predicted octanol–water partition coefficient (Wildman–Crippen LogP) is 3.93. The second-order valence-corrected chi connectivity index (χ2v) is 8.63. The molecule has 1 N–H and O–H groups in total. The van der Waals surface area contributed by atoms with Crippen molar-refractivity contribution in [3.05, 3.63) is 45.1 Å². The summed E-state index contributed by atoms with van der Waals surface area (Å²) in [5.74, 6) is 2.18. The number of H-pyrrole nitrogens is 1. The third kappa shape index (κ3) is 2.82. The van der Waals surface area contributed by atoms with Crippen LogP contribution in [0.2, 0.25) is 0 Å². The van der Waals surface area contributed by atoms with Crippen molar-refractivity contribution in [1.29, 1.82) is 0 Å². The molecular weight excluding hydrogens is 374 g/mol. The molecule has 126 valence electrons. The lowest BCUT2D eigenvalue weighted by Gasteiger charge is -2.07. The average molecular weight is 388 g/mol. The van der Waals surface area contributed by atoms with E-state index in [1.807, 2.05) is 17.5 Å². The molecule has 25 heavy (non-hydrogen) atoms. The highest BCUT2D eigenvalue weighted by Gasteiger charge is 2.30. The van der Waals surface area contributed by atoms with Gasteiger partial charge < -0.3 is 4.98 Å². The Labute approximate surface area is 155 Å². The fraction of sp³-hybridized carbons (Fsp3) is 0.250. The number of hydrogen-bond acceptors (Lipinski definition) is 7. The molecule has 5 rings (SSSR count). The Morgan fingerprint density at radius 3 is 2.96 bits per heavy atom. The summed E-state index contributed by atoms with van der Waals surface area (Å²) in [6, 6.07) is 6.47. The third-order valence-corrected chi connectivity index (χ3v) is 6.74. The highest BCUT2D eigenvalue weighted by atomic mass is 32.2. The minimum absolute atomic E-state index is 0.0708. The summed E-state index contributed by atoms with van der Waals surface area (Å²) in [7, 11) is 0. The second kappa shape index (κ2) is 6.08. The molecule has 0 unspecified atom stereocenters. The van der Waals surface area contributed by atoms with Gasteiger partial charge in [0.1, 0.15) is 10.5 Å². The topological polar surface area (TPSA) is 76.5 Å². The van der Waals surface area contributed by atoms with E-state index in [-0.39, 0.29) is 5.56 Å². The van der Waals surface area contributed by atoms with E-state index in [9.17, 15) is 4.79 Å². The van der Waals surface area contributed by atoms with Crippen LogP contribution in [0.1, 0.15) is 24.7 Å². The third-order valence-electron chi connectivity index (χ3n) is 4.02. The van der Waals surface area contributed by atoms with Gasteiger partial charge >= 0.3 is 0 Å². The lowest BCUT2D eigenvalue weighted by Crippen LogP contribution is -2.09. The highest BCUT2D eigenvalue weighted by molar-refractivity contribution is 7.98. The molecule has 6 nitrogen and oxygen atoms in total. The van der Waals surface area contributed by atoms with Crippen LogP contribution < -0.4 is 5.56 Å². The largest absolute Gasteiger partial charge is 0.309 e. The van der Waals surface area contributed by atoms with Crippen LogP contribution in [0.25, 0.3) is 20.9 Å². The zero-order valence-electron chi connectivity index (χ0n) is 13.0. The number of thiophene rings is 2. The molecule has 0 amide bonds. The van der Waals surface area contributed by atoms with Crippen molar-refractivity contribution in [3.8, 4) is 10.7 Å². The summed E-state index contributed by atoms with van der Waals surface area (Å²) >= 11 is 4.66. The summed E-state index contributed by atoms with van der Waals surface area (Å²) in [6.45, 7) is 0. The van der Waals surface area contributed by atoms with Crippen LogP contribution in [0.3, 0.4) is 0 Å². The number of aromatic amines is 1. The Balaban J connectivity index is 1.45. The summed E-state index contributed by atoms with van der Waals surface area (Å²) in [5, 5.41) is 13.6. The average Bonchev–Trinajstić information content (AvgIpc) is 3.06. The Hall–Kier alpha value is -1.97. The Morgan fingerprint density at radius 2 is 2.16 bits per heavy atom. The quantitative estimate of drug-likeness (QED) is 0.525. The molecule has 0 aliphatic heterocycles. The summed E-state index contributed by atoms with van der Waals surface area (Å²) in [4.78, 5) is 20.6. The predicted molar refractivity (Wildman–Crippen MR) is 101 cm³/mol. The van der Waals surface area contributed by atoms with E-state index in [4.69, 9.17) is 0 Å². The van der Waals surface area contributed by atoms with E-state index in [1.165, 1.54) is 24.2 Å². The van der Waals surface area contributed by atoms with Gasteiger partial charge in [0.15, 0.2) is 11.0 Å². The molecule has 0 radical (unpaired) electrons. The first-order chi connectivity index (χ1) is 12.3. The summed E-state index contributed by atoms with van der Waals surface area (Å²) in [6.07, 6.45) is 2.33. The van der Waals surface area contributed by atoms with Gasteiger partial charge in [-0.2, -0.15) is 0 Å². The normalized spacial score (nSPS) is 14.4. The SMILES string of the molecule is O=c1[nH]c(CSc2nnc(-c3cccs3)n2C2CC2)nc2ccsc12. The van der Waals surface area contributed by atoms with Gasteiger partial charge in [0, 0.05) is 6.04 Å². The van der Waals surface area contributed by atoms with Crippen molar-refractivity contribution in [3.63, 3.8) is 0 Å². The van der Waals surface area contributed by atoms with Gasteiger partial charge in [-0.25, -0.2) is 4.98 Å². The first-order valence-electron chi connectivity index (χ1n) is 7.87. The van der Waals surface area contributed by atoms with Crippen LogP contribution in [0, 0.1) is 0 Å². The van der Waals surface area contributed by atoms with E-state index in [2.05, 4.69) is 36.2 Å². The van der Waals surface area contributed by atoms with E-state index < -0.39 is 0 Å². The van der Waals surface area contributed by atoms with Gasteiger partial charge in [0.25, 0.3) is 5.56 Å². The van der Waals surface area contributed by atoms with Crippen LogP contribution in [0.4, 0.5) is 0 Å². The molecule has 0 atom stereocenters. The summed E-state index contributed by atoms with van der Waals surface area (Å²) in [5.41, 5.74) is 0.686. The molecule has 4 aromatic heterocycles. The van der Waals surface area contributed by atoms with Crippen LogP contribution >= 0.6 is 34.4 Å². The number of nitrogens with zero attached hydrogens (tertiary/aromatic N) is 4. The summed E-state index contributed by atoms with van der Waals surface area (Å²) < 4.78 is 2.91. The first kappa shape index (κ1) is 15.3. The first-order valence-corrected chi connectivity index (χ1v) is 10.6. The fourth-order valence-electron chi connectivity index (χ4n) is 2.73. The lowest BCUT2D eigenvalue weighted by molar-refractivity contribution is 0.669. The maximum atomic E-state index is 12.1. The van der Waals surface area contributed by atoms with Crippen molar-refractivity contribution in [2.75, 3.05) is 0 Å². The Morgan fingerprint density at radius 1 is 1.24 bits per heavy atom. The zero-order valence-corrected chi connectivity index (χ0v) is 15.5. The molecule has 1 aliphatic carbocycles. The number of aromatic nitrogens is 5. The van der Waals surface area contributed by atoms with E-state index >= 15 is 0 Å². The van der Waals surface area contributed by atoms with E-state index in [0.717, 1.165) is 21.4 Å². The van der Waals surface area contributed by atoms with Gasteiger partial charge in [0.2, 0.25) is 0 Å². The van der Waals surface area contributed by atoms with E-state index in [0.29, 0.717) is 22.3 Å². The fourth-order valence-corrected chi connectivity index (χ4v) is 5.04. The Bertz CT molecular complexity index is 1090. The van der Waals surface area contributed by atoms with Crippen molar-refractivity contribution in [2.45, 2.75) is 29.8 Å². The van der Waals surface area contributed by atoms with Crippen LogP contribution in [-0.2, 0) is 5.75 Å². The molecule has 0 spiro atoms. The molecule has 1 fully saturated rings. The van der Waals surface area contributed by atoms with Crippen LogP contribution in [0.15, 0.2) is 38.9 Å². The number of thioether (sulfide) groups is 1. The number of fused-ring (bicyclic) bond motifs is 1. The molecule has 9 heteroatoms. The van der Waals surface area contributed by atoms with Gasteiger partial charge in [-0.1, -0.05) is 17.8 Å². The molecule has 0 saturated heterocycles. The van der Waals surface area contributed by atoms with Crippen molar-refractivity contribution < 1.29 is 0 Å². The standard InChI is InChI=1S/C16H13N5OS3/c22-15-13-10(5-7-24-13)17-12(18-15)8-25-16-20-19-14(11-2-1-6-23-11)21(16)9-3-4-9/h1-2,5-7,9H,3-4,8H2,(H,17,18,22). The van der Waals surface area contributed by atoms with Gasteiger partial charge in [-0.15, -0.1) is 32.9 Å². The minimum atomic E-state index is -0.0708. The molecule has 0 aromatic carbocycles. The molecule has 4 aromatic rings. The lowest BCUT2D eigenvalue weighted by atomic mass is 10.4. The van der Waals surface area contributed by atoms with Gasteiger partial charge in [-0.3, -0.25) is 9.36 Å². The molecule has 0 bridgehead atoms. The number of rotatable bonds is 5. The van der Waals surface area contributed by atoms with Gasteiger partial charge in [-0.05, 0) is 35.7 Å². The highest BCUT2D eigenvalue weighted by Crippen LogP contribution is 2.42. The number of hydrogen-bond donors (Lipinski definition) is 1. The maximum absolute atomic E-state index is 12.1. The maximum Gasteiger partial charge on any atom is 0.268 e. The monoisotopic (exact) mass is 387 g/mol. The minimum Gasteiger partial charge on any atom is -0.309 e.